The summed E-state index contributed by atoms with van der Waals surface area (Å²) in [5, 5.41) is 6.46. The zero-order valence-electron chi connectivity index (χ0n) is 15.7. The molecule has 0 spiro atoms. The third kappa shape index (κ3) is 8.14. The van der Waals surface area contributed by atoms with Gasteiger partial charge in [0.2, 0.25) is 11.8 Å². The number of anilines is 1. The van der Waals surface area contributed by atoms with Crippen LogP contribution in [0, 0.1) is 0 Å². The Bertz CT molecular complexity index is 884. The van der Waals surface area contributed by atoms with Crippen molar-refractivity contribution in [1.29, 1.82) is 0 Å². The van der Waals surface area contributed by atoms with Crippen LogP contribution < -0.4 is 15.5 Å². The van der Waals surface area contributed by atoms with Crippen LogP contribution in [0.1, 0.15) is 18.9 Å². The summed E-state index contributed by atoms with van der Waals surface area (Å²) in [5.74, 6) is -0.930. The summed E-state index contributed by atoms with van der Waals surface area (Å²) in [6.45, 7) is 1.85. The molecule has 152 valence electrons. The Kier molecular flexibility index (Phi) is 8.84. The van der Waals surface area contributed by atoms with E-state index in [9.17, 15) is 14.4 Å². The fourth-order valence-corrected chi connectivity index (χ4v) is 2.50. The van der Waals surface area contributed by atoms with E-state index in [4.69, 9.17) is 9.47 Å². The van der Waals surface area contributed by atoms with E-state index < -0.39 is 17.8 Å². The van der Waals surface area contributed by atoms with Gasteiger partial charge in [0.05, 0.1) is 18.5 Å². The molecular formula is C20H20BrN3O5. The number of nitrogens with one attached hydrogen (secondary N) is 2. The summed E-state index contributed by atoms with van der Waals surface area (Å²) in [5.41, 5.74) is 3.58. The van der Waals surface area contributed by atoms with E-state index in [0.29, 0.717) is 23.6 Å². The molecule has 0 radical (unpaired) electrons. The minimum atomic E-state index is -0.541. The molecule has 8 nitrogen and oxygen atoms in total. The Hall–Kier alpha value is -3.20. The van der Waals surface area contributed by atoms with Crippen LogP contribution in [0.3, 0.4) is 0 Å². The molecule has 0 saturated carbocycles. The van der Waals surface area contributed by atoms with Crippen LogP contribution in [-0.4, -0.2) is 37.2 Å². The van der Waals surface area contributed by atoms with Gasteiger partial charge in [-0.05, 0) is 64.8 Å². The molecule has 0 aliphatic rings. The first-order valence-electron chi connectivity index (χ1n) is 8.72. The number of hydrogen-bond acceptors (Lipinski definition) is 6. The number of nitrogens with zero attached hydrogens (tertiary/aromatic N) is 1. The molecule has 9 heteroatoms. The third-order valence-corrected chi connectivity index (χ3v) is 4.11. The van der Waals surface area contributed by atoms with Crippen molar-refractivity contribution in [3.8, 4) is 5.75 Å². The molecule has 2 aromatic rings. The number of para-hydroxylation sites is 1. The highest BCUT2D eigenvalue weighted by Gasteiger charge is 2.10. The van der Waals surface area contributed by atoms with E-state index >= 15 is 0 Å². The molecule has 0 atom stereocenters. The van der Waals surface area contributed by atoms with Crippen LogP contribution in [0.25, 0.3) is 0 Å². The predicted octanol–water partition coefficient (Wildman–Crippen LogP) is 2.87. The van der Waals surface area contributed by atoms with Crippen molar-refractivity contribution in [1.82, 2.24) is 5.43 Å². The maximum Gasteiger partial charge on any atom is 0.344 e. The molecule has 0 aliphatic carbocycles. The monoisotopic (exact) mass is 461 g/mol. The topological polar surface area (TPSA) is 106 Å². The lowest BCUT2D eigenvalue weighted by Crippen LogP contribution is -2.24. The van der Waals surface area contributed by atoms with Gasteiger partial charge in [-0.2, -0.15) is 5.10 Å². The van der Waals surface area contributed by atoms with E-state index in [1.807, 2.05) is 6.07 Å². The first-order chi connectivity index (χ1) is 14.0. The predicted molar refractivity (Wildman–Crippen MR) is 112 cm³/mol. The first kappa shape index (κ1) is 22.1. The lowest BCUT2D eigenvalue weighted by Gasteiger charge is -2.06. The average Bonchev–Trinajstić information content (AvgIpc) is 2.69. The van der Waals surface area contributed by atoms with E-state index in [0.717, 1.165) is 4.47 Å². The Labute approximate surface area is 176 Å². The molecule has 2 amide bonds. The number of hydrogen-bond donors (Lipinski definition) is 2. The maximum absolute atomic E-state index is 11.9. The van der Waals surface area contributed by atoms with Crippen LogP contribution in [0.2, 0.25) is 0 Å². The number of halogens is 1. The zero-order chi connectivity index (χ0) is 21.1. The molecule has 2 aromatic carbocycles. The maximum atomic E-state index is 11.9. The molecule has 0 bridgehead atoms. The normalized spacial score (nSPS) is 10.4. The molecule has 2 N–H and O–H groups in total. The molecular weight excluding hydrogens is 442 g/mol. The summed E-state index contributed by atoms with van der Waals surface area (Å²) in [6.07, 6.45) is 1.07. The van der Waals surface area contributed by atoms with Gasteiger partial charge in [-0.1, -0.05) is 12.1 Å². The van der Waals surface area contributed by atoms with Crippen molar-refractivity contribution in [3.05, 3.63) is 58.6 Å². The largest absolute Gasteiger partial charge is 0.482 e. The number of hydrazone groups is 1. The SMILES string of the molecule is CCOC(=O)COc1ccc(C=NNC(=O)CC(=O)Nc2ccccc2Br)cc1. The van der Waals surface area contributed by atoms with E-state index in [1.165, 1.54) is 6.21 Å². The Morgan fingerprint density at radius 3 is 2.48 bits per heavy atom. The second-order valence-corrected chi connectivity index (χ2v) is 6.52. The molecule has 0 saturated heterocycles. The number of benzene rings is 2. The minimum absolute atomic E-state index is 0.168. The van der Waals surface area contributed by atoms with Crippen LogP contribution >= 0.6 is 15.9 Å². The van der Waals surface area contributed by atoms with Crippen LogP contribution in [-0.2, 0) is 19.1 Å². The second-order valence-electron chi connectivity index (χ2n) is 5.66. The van der Waals surface area contributed by atoms with Crippen molar-refractivity contribution in [2.24, 2.45) is 5.10 Å². The minimum Gasteiger partial charge on any atom is -0.482 e. The number of carbonyl (C=O) groups is 3. The molecule has 29 heavy (non-hydrogen) atoms. The lowest BCUT2D eigenvalue weighted by molar-refractivity contribution is -0.145. The van der Waals surface area contributed by atoms with Gasteiger partial charge in [-0.25, -0.2) is 10.2 Å². The number of ether oxygens (including phenoxy) is 2. The zero-order valence-corrected chi connectivity index (χ0v) is 17.3. The average molecular weight is 462 g/mol. The standard InChI is InChI=1S/C20H20BrN3O5/c1-2-28-20(27)13-29-15-9-7-14(8-10-15)12-22-24-19(26)11-18(25)23-17-6-4-3-5-16(17)21/h3-10,12H,2,11,13H2,1H3,(H,23,25)(H,24,26). The van der Waals surface area contributed by atoms with E-state index in [1.54, 1.807) is 49.4 Å². The van der Waals surface area contributed by atoms with Crippen molar-refractivity contribution in [2.45, 2.75) is 13.3 Å². The highest BCUT2D eigenvalue weighted by atomic mass is 79.9. The van der Waals surface area contributed by atoms with Gasteiger partial charge in [-0.3, -0.25) is 9.59 Å². The van der Waals surface area contributed by atoms with Crippen LogP contribution in [0.15, 0.2) is 58.1 Å². The smallest absolute Gasteiger partial charge is 0.344 e. The Morgan fingerprint density at radius 2 is 1.79 bits per heavy atom. The third-order valence-electron chi connectivity index (χ3n) is 3.41. The summed E-state index contributed by atoms with van der Waals surface area (Å²) in [6, 6.07) is 13.8. The quantitative estimate of drug-likeness (QED) is 0.258. The van der Waals surface area contributed by atoms with Crippen molar-refractivity contribution >= 4 is 45.6 Å². The first-order valence-corrected chi connectivity index (χ1v) is 9.52. The van der Waals surface area contributed by atoms with Gasteiger partial charge in [0, 0.05) is 4.47 Å². The summed E-state index contributed by atoms with van der Waals surface area (Å²) < 4.78 is 10.8. The number of carbonyl (C=O) groups excluding carboxylic acids is 3. The summed E-state index contributed by atoms with van der Waals surface area (Å²) in [7, 11) is 0. The fourth-order valence-electron chi connectivity index (χ4n) is 2.12. The Balaban J connectivity index is 1.75. The lowest BCUT2D eigenvalue weighted by atomic mass is 10.2. The molecule has 0 fully saturated rings. The van der Waals surface area contributed by atoms with Crippen molar-refractivity contribution < 1.29 is 23.9 Å². The number of rotatable bonds is 9. The van der Waals surface area contributed by atoms with E-state index in [-0.39, 0.29) is 13.0 Å². The molecule has 0 unspecified atom stereocenters. The van der Waals surface area contributed by atoms with Gasteiger partial charge < -0.3 is 14.8 Å². The molecule has 0 aliphatic heterocycles. The second kappa shape index (κ2) is 11.6. The van der Waals surface area contributed by atoms with Gasteiger partial charge in [0.15, 0.2) is 6.61 Å². The van der Waals surface area contributed by atoms with Gasteiger partial charge in [0.25, 0.3) is 0 Å². The summed E-state index contributed by atoms with van der Waals surface area (Å²) >= 11 is 3.32. The van der Waals surface area contributed by atoms with E-state index in [2.05, 4.69) is 31.8 Å². The summed E-state index contributed by atoms with van der Waals surface area (Å²) in [4.78, 5) is 35.0. The molecule has 2 rings (SSSR count). The van der Waals surface area contributed by atoms with Gasteiger partial charge in [0.1, 0.15) is 12.2 Å². The van der Waals surface area contributed by atoms with Gasteiger partial charge >= 0.3 is 5.97 Å². The molecule has 0 heterocycles. The number of esters is 1. The van der Waals surface area contributed by atoms with Crippen molar-refractivity contribution in [2.75, 3.05) is 18.5 Å². The van der Waals surface area contributed by atoms with Crippen LogP contribution in [0.5, 0.6) is 5.75 Å². The Morgan fingerprint density at radius 1 is 1.07 bits per heavy atom. The number of amides is 2. The van der Waals surface area contributed by atoms with Crippen molar-refractivity contribution in [3.63, 3.8) is 0 Å². The highest BCUT2D eigenvalue weighted by Crippen LogP contribution is 2.21. The fraction of sp³-hybridized carbons (Fsp3) is 0.200. The highest BCUT2D eigenvalue weighted by molar-refractivity contribution is 9.10. The molecule has 0 aromatic heterocycles. The van der Waals surface area contributed by atoms with Gasteiger partial charge in [-0.15, -0.1) is 0 Å². The van der Waals surface area contributed by atoms with Crippen LogP contribution in [0.4, 0.5) is 5.69 Å².